The molecule has 3 N–H and O–H groups in total. The van der Waals surface area contributed by atoms with Gasteiger partial charge in [0, 0.05) is 12.8 Å². The van der Waals surface area contributed by atoms with E-state index in [4.69, 9.17) is 4.74 Å². The zero-order valence-corrected chi connectivity index (χ0v) is 47.5. The smallest absolute Gasteiger partial charge is 0.305 e. The lowest BCUT2D eigenvalue weighted by atomic mass is 10.0. The molecule has 0 saturated carbocycles. The van der Waals surface area contributed by atoms with Gasteiger partial charge in [0.15, 0.2) is 0 Å². The van der Waals surface area contributed by atoms with E-state index in [0.29, 0.717) is 25.9 Å². The summed E-state index contributed by atoms with van der Waals surface area (Å²) < 4.78 is 5.48. The largest absolute Gasteiger partial charge is 0.466 e. The number of carbonyl (C=O) groups excluding carboxylic acids is 2. The van der Waals surface area contributed by atoms with Crippen LogP contribution >= 0.6 is 0 Å². The number of allylic oxidation sites excluding steroid dienone is 2. The van der Waals surface area contributed by atoms with Gasteiger partial charge in [-0.3, -0.25) is 9.59 Å². The summed E-state index contributed by atoms with van der Waals surface area (Å²) in [5.74, 6) is -0.0408. The van der Waals surface area contributed by atoms with Crippen molar-refractivity contribution in [3.63, 3.8) is 0 Å². The third-order valence-corrected chi connectivity index (χ3v) is 15.1. The van der Waals surface area contributed by atoms with E-state index < -0.39 is 12.1 Å². The molecule has 0 aliphatic heterocycles. The minimum absolute atomic E-state index is 0.00296. The van der Waals surface area contributed by atoms with Gasteiger partial charge in [-0.15, -0.1) is 0 Å². The third-order valence-electron chi connectivity index (χ3n) is 15.1. The van der Waals surface area contributed by atoms with Gasteiger partial charge in [0.25, 0.3) is 0 Å². The molecule has 0 radical (unpaired) electrons. The second-order valence-electron chi connectivity index (χ2n) is 22.1. The quantitative estimate of drug-likeness (QED) is 0.0321. The van der Waals surface area contributed by atoms with E-state index in [-0.39, 0.29) is 18.5 Å². The van der Waals surface area contributed by atoms with Crippen molar-refractivity contribution in [1.82, 2.24) is 5.32 Å². The van der Waals surface area contributed by atoms with Gasteiger partial charge in [0.05, 0.1) is 25.4 Å². The molecule has 1 amide bonds. The molecular formula is C64H125NO5. The number of carbonyl (C=O) groups is 2. The van der Waals surface area contributed by atoms with Crippen LogP contribution in [-0.2, 0) is 14.3 Å². The lowest BCUT2D eigenvalue weighted by Gasteiger charge is -2.22. The van der Waals surface area contributed by atoms with Gasteiger partial charge in [0.2, 0.25) is 5.91 Å². The molecule has 0 aromatic heterocycles. The molecule has 0 aliphatic carbocycles. The fourth-order valence-electron chi connectivity index (χ4n) is 10.2. The highest BCUT2D eigenvalue weighted by atomic mass is 16.5. The maximum Gasteiger partial charge on any atom is 0.305 e. The third kappa shape index (κ3) is 55.9. The highest BCUT2D eigenvalue weighted by molar-refractivity contribution is 5.76. The Bertz CT molecular complexity index is 1050. The molecule has 0 aromatic carbocycles. The number of unbranched alkanes of at least 4 members (excludes halogenated alkanes) is 47. The molecule has 2 atom stereocenters. The number of hydrogen-bond acceptors (Lipinski definition) is 5. The van der Waals surface area contributed by atoms with Gasteiger partial charge in [-0.25, -0.2) is 0 Å². The minimum atomic E-state index is -0.670. The van der Waals surface area contributed by atoms with Gasteiger partial charge in [-0.05, 0) is 51.4 Å². The summed E-state index contributed by atoms with van der Waals surface area (Å²) in [6.45, 7) is 4.97. The van der Waals surface area contributed by atoms with Crippen LogP contribution in [0.25, 0.3) is 0 Å². The molecule has 0 fully saturated rings. The summed E-state index contributed by atoms with van der Waals surface area (Å²) in [4.78, 5) is 24.6. The predicted octanol–water partition coefficient (Wildman–Crippen LogP) is 20.0. The Labute approximate surface area is 438 Å². The molecular weight excluding hydrogens is 863 g/mol. The van der Waals surface area contributed by atoms with Crippen LogP contribution in [0.2, 0.25) is 0 Å². The average Bonchev–Trinajstić information content (AvgIpc) is 3.36. The molecule has 0 aromatic rings. The van der Waals surface area contributed by atoms with Gasteiger partial charge in [-0.2, -0.15) is 0 Å². The summed E-state index contributed by atoms with van der Waals surface area (Å²) in [5, 5.41) is 23.4. The molecule has 6 heteroatoms. The molecule has 0 rings (SSSR count). The molecule has 6 nitrogen and oxygen atoms in total. The maximum absolute atomic E-state index is 12.5. The lowest BCUT2D eigenvalue weighted by Crippen LogP contribution is -2.45. The van der Waals surface area contributed by atoms with Gasteiger partial charge < -0.3 is 20.3 Å². The van der Waals surface area contributed by atoms with Crippen molar-refractivity contribution in [2.24, 2.45) is 0 Å². The first-order valence-corrected chi connectivity index (χ1v) is 31.9. The van der Waals surface area contributed by atoms with Crippen LogP contribution < -0.4 is 5.32 Å². The molecule has 2 unspecified atom stereocenters. The minimum Gasteiger partial charge on any atom is -0.466 e. The molecule has 416 valence electrons. The number of esters is 1. The SMILES string of the molecule is CCCCCCCCC/C=C\CCCCCCCC(=O)OCCCCCCCCCCCCCCCCCCC(=O)NC(CO)C(O)CCCCCCCCCCCCCCCCCCCCCCC. The predicted molar refractivity (Wildman–Crippen MR) is 306 cm³/mol. The summed E-state index contributed by atoms with van der Waals surface area (Å²) in [6, 6.07) is -0.547. The van der Waals surface area contributed by atoms with Crippen LogP contribution in [0.5, 0.6) is 0 Å². The van der Waals surface area contributed by atoms with Crippen LogP contribution in [0.4, 0.5) is 0 Å². The zero-order chi connectivity index (χ0) is 50.7. The fourth-order valence-corrected chi connectivity index (χ4v) is 10.2. The summed E-state index contributed by atoms with van der Waals surface area (Å²) >= 11 is 0. The number of rotatable bonds is 60. The Kier molecular flexibility index (Phi) is 59.0. The van der Waals surface area contributed by atoms with Crippen molar-refractivity contribution < 1.29 is 24.5 Å². The highest BCUT2D eigenvalue weighted by Gasteiger charge is 2.20. The first-order chi connectivity index (χ1) is 34.5. The molecule has 0 aliphatic rings. The standard InChI is InChI=1S/C64H125NO5/c1-3-5-7-9-11-13-15-17-19-21-22-23-24-25-28-32-36-40-44-48-52-56-62(67)61(60-66)65-63(68)57-53-49-45-41-37-33-29-26-27-31-35-39-43-47-51-55-59-70-64(69)58-54-50-46-42-38-34-30-20-18-16-14-12-10-8-6-4-2/h20,30,61-62,66-67H,3-19,21-29,31-60H2,1-2H3,(H,65,68)/b30-20-. The van der Waals surface area contributed by atoms with Gasteiger partial charge in [-0.1, -0.05) is 309 Å². The van der Waals surface area contributed by atoms with E-state index in [9.17, 15) is 19.8 Å². The summed E-state index contributed by atoms with van der Waals surface area (Å²) in [5.41, 5.74) is 0. The Morgan fingerprint density at radius 1 is 0.386 bits per heavy atom. The second-order valence-corrected chi connectivity index (χ2v) is 22.1. The number of hydrogen-bond donors (Lipinski definition) is 3. The molecule has 70 heavy (non-hydrogen) atoms. The van der Waals surface area contributed by atoms with Gasteiger partial charge >= 0.3 is 5.97 Å². The van der Waals surface area contributed by atoms with Crippen LogP contribution in [0, 0.1) is 0 Å². The second kappa shape index (κ2) is 60.2. The van der Waals surface area contributed by atoms with Gasteiger partial charge in [0.1, 0.15) is 0 Å². The van der Waals surface area contributed by atoms with Crippen LogP contribution in [0.1, 0.15) is 361 Å². The zero-order valence-electron chi connectivity index (χ0n) is 47.5. The lowest BCUT2D eigenvalue weighted by molar-refractivity contribution is -0.143. The maximum atomic E-state index is 12.5. The first-order valence-electron chi connectivity index (χ1n) is 31.9. The number of aliphatic hydroxyl groups is 2. The normalized spacial score (nSPS) is 12.6. The van der Waals surface area contributed by atoms with E-state index in [2.05, 4.69) is 31.3 Å². The highest BCUT2D eigenvalue weighted by Crippen LogP contribution is 2.18. The Hall–Kier alpha value is -1.40. The first kappa shape index (κ1) is 68.6. The number of aliphatic hydroxyl groups excluding tert-OH is 2. The van der Waals surface area contributed by atoms with E-state index in [1.165, 1.54) is 283 Å². The van der Waals surface area contributed by atoms with Crippen molar-refractivity contribution in [2.75, 3.05) is 13.2 Å². The number of amides is 1. The van der Waals surface area contributed by atoms with Crippen molar-refractivity contribution in [2.45, 2.75) is 373 Å². The Morgan fingerprint density at radius 2 is 0.671 bits per heavy atom. The molecule has 0 saturated heterocycles. The average molecular weight is 989 g/mol. The van der Waals surface area contributed by atoms with Crippen LogP contribution in [0.15, 0.2) is 12.2 Å². The van der Waals surface area contributed by atoms with Crippen molar-refractivity contribution in [3.8, 4) is 0 Å². The van der Waals surface area contributed by atoms with E-state index in [1.807, 2.05) is 0 Å². The molecule has 0 heterocycles. The summed E-state index contributed by atoms with van der Waals surface area (Å²) in [6.07, 6.45) is 72.2. The van der Waals surface area contributed by atoms with Crippen molar-refractivity contribution >= 4 is 11.9 Å². The fraction of sp³-hybridized carbons (Fsp3) is 0.938. The Morgan fingerprint density at radius 3 is 1.01 bits per heavy atom. The number of nitrogens with one attached hydrogen (secondary N) is 1. The van der Waals surface area contributed by atoms with Crippen molar-refractivity contribution in [1.29, 1.82) is 0 Å². The molecule has 0 bridgehead atoms. The number of ether oxygens (including phenoxy) is 1. The summed E-state index contributed by atoms with van der Waals surface area (Å²) in [7, 11) is 0. The van der Waals surface area contributed by atoms with E-state index in [1.54, 1.807) is 0 Å². The van der Waals surface area contributed by atoms with E-state index >= 15 is 0 Å². The van der Waals surface area contributed by atoms with Crippen LogP contribution in [0.3, 0.4) is 0 Å². The van der Waals surface area contributed by atoms with Crippen LogP contribution in [-0.4, -0.2) is 47.4 Å². The Balaban J connectivity index is 3.41. The van der Waals surface area contributed by atoms with E-state index in [0.717, 1.165) is 44.9 Å². The topological polar surface area (TPSA) is 95.9 Å². The monoisotopic (exact) mass is 988 g/mol. The van der Waals surface area contributed by atoms with Crippen molar-refractivity contribution in [3.05, 3.63) is 12.2 Å². The molecule has 0 spiro atoms.